The van der Waals surface area contributed by atoms with Gasteiger partial charge in [0.25, 0.3) is 0 Å². The van der Waals surface area contributed by atoms with Gasteiger partial charge >= 0.3 is 12.1 Å². The summed E-state index contributed by atoms with van der Waals surface area (Å²) in [6, 6.07) is 10.2. The van der Waals surface area contributed by atoms with E-state index in [1.54, 1.807) is 6.07 Å². The molecule has 35 heavy (non-hydrogen) atoms. The van der Waals surface area contributed by atoms with Crippen molar-refractivity contribution in [3.8, 4) is 0 Å². The van der Waals surface area contributed by atoms with Gasteiger partial charge in [-0.15, -0.1) is 0 Å². The fourth-order valence-corrected chi connectivity index (χ4v) is 4.34. The van der Waals surface area contributed by atoms with E-state index in [2.05, 4.69) is 5.32 Å². The molecule has 2 aromatic rings. The maximum Gasteiger partial charge on any atom is 0.392 e. The SMILES string of the molecule is C[C@H]([C@H](C(=O)Nc1cc(C[C@H](C)C(=O)O)ccc1Cl)c1ccc(C2CC(F)(F)C2)cc1)C(F)(F)F. The second-order valence-corrected chi connectivity index (χ2v) is 9.59. The molecule has 0 heterocycles. The van der Waals surface area contributed by atoms with Crippen molar-refractivity contribution in [2.24, 2.45) is 11.8 Å². The van der Waals surface area contributed by atoms with Crippen molar-refractivity contribution in [1.29, 1.82) is 0 Å². The highest BCUT2D eigenvalue weighted by molar-refractivity contribution is 6.33. The highest BCUT2D eigenvalue weighted by atomic mass is 35.5. The van der Waals surface area contributed by atoms with Gasteiger partial charge in [-0.3, -0.25) is 9.59 Å². The minimum atomic E-state index is -4.68. The summed E-state index contributed by atoms with van der Waals surface area (Å²) in [5.74, 6) is -9.44. The van der Waals surface area contributed by atoms with Gasteiger partial charge in [0.2, 0.25) is 11.8 Å². The number of carboxylic acids is 1. The van der Waals surface area contributed by atoms with Crippen molar-refractivity contribution in [2.75, 3.05) is 5.32 Å². The zero-order valence-corrected chi connectivity index (χ0v) is 19.8. The average molecular weight is 518 g/mol. The van der Waals surface area contributed by atoms with E-state index in [9.17, 15) is 31.5 Å². The smallest absolute Gasteiger partial charge is 0.392 e. The van der Waals surface area contributed by atoms with Crippen LogP contribution < -0.4 is 5.32 Å². The number of carboxylic acid groups (broad SMARTS) is 1. The van der Waals surface area contributed by atoms with Crippen LogP contribution in [0.5, 0.6) is 0 Å². The van der Waals surface area contributed by atoms with Crippen LogP contribution in [0.1, 0.15) is 55.2 Å². The molecule has 0 bridgehead atoms. The third kappa shape index (κ3) is 6.51. The normalized spacial score (nSPS) is 18.3. The summed E-state index contributed by atoms with van der Waals surface area (Å²) in [6.07, 6.45) is -5.17. The molecule has 0 unspecified atom stereocenters. The molecule has 3 rings (SSSR count). The van der Waals surface area contributed by atoms with E-state index >= 15 is 0 Å². The minimum Gasteiger partial charge on any atom is -0.481 e. The van der Waals surface area contributed by atoms with E-state index in [1.165, 1.54) is 43.3 Å². The first-order chi connectivity index (χ1) is 16.2. The lowest BCUT2D eigenvalue weighted by atomic mass is 9.76. The Morgan fingerprint density at radius 3 is 2.23 bits per heavy atom. The van der Waals surface area contributed by atoms with Crippen LogP contribution in [0.3, 0.4) is 0 Å². The number of nitrogens with one attached hydrogen (secondary N) is 1. The van der Waals surface area contributed by atoms with Gasteiger partial charge < -0.3 is 10.4 Å². The lowest BCUT2D eigenvalue weighted by Gasteiger charge is -2.35. The maximum absolute atomic E-state index is 13.7. The number of benzene rings is 2. The highest BCUT2D eigenvalue weighted by Gasteiger charge is 2.47. The number of halogens is 6. The molecule has 0 saturated heterocycles. The second kappa shape index (κ2) is 10.1. The average Bonchev–Trinajstić information content (AvgIpc) is 2.74. The van der Waals surface area contributed by atoms with Crippen molar-refractivity contribution in [3.05, 3.63) is 64.2 Å². The molecule has 1 saturated carbocycles. The number of hydrogen-bond donors (Lipinski definition) is 2. The zero-order chi connectivity index (χ0) is 26.1. The number of carbonyl (C=O) groups excluding carboxylic acids is 1. The lowest BCUT2D eigenvalue weighted by Crippen LogP contribution is -2.35. The van der Waals surface area contributed by atoms with Crippen LogP contribution >= 0.6 is 11.6 Å². The van der Waals surface area contributed by atoms with E-state index in [4.69, 9.17) is 16.7 Å². The molecule has 0 radical (unpaired) electrons. The van der Waals surface area contributed by atoms with Crippen molar-refractivity contribution < 1.29 is 36.6 Å². The molecule has 1 fully saturated rings. The summed E-state index contributed by atoms with van der Waals surface area (Å²) >= 11 is 6.15. The predicted octanol–water partition coefficient (Wildman–Crippen LogP) is 7.04. The Kier molecular flexibility index (Phi) is 7.79. The molecule has 1 aliphatic carbocycles. The van der Waals surface area contributed by atoms with Crippen LogP contribution in [0, 0.1) is 11.8 Å². The monoisotopic (exact) mass is 517 g/mol. The molecule has 2 aromatic carbocycles. The Labute approximate surface area is 204 Å². The number of alkyl halides is 5. The first kappa shape index (κ1) is 26.9. The summed E-state index contributed by atoms with van der Waals surface area (Å²) in [4.78, 5) is 24.2. The number of aliphatic carboxylic acids is 1. The molecule has 0 spiro atoms. The fraction of sp³-hybridized carbons (Fsp3) is 0.440. The molecular weight excluding hydrogens is 493 g/mol. The summed E-state index contributed by atoms with van der Waals surface area (Å²) in [5.41, 5.74) is 1.29. The topological polar surface area (TPSA) is 66.4 Å². The maximum atomic E-state index is 13.7. The summed E-state index contributed by atoms with van der Waals surface area (Å²) in [5, 5.41) is 11.7. The molecule has 190 valence electrons. The van der Waals surface area contributed by atoms with Gasteiger partial charge in [-0.05, 0) is 41.2 Å². The molecule has 0 aromatic heterocycles. The Morgan fingerprint density at radius 2 is 1.71 bits per heavy atom. The summed E-state index contributed by atoms with van der Waals surface area (Å²) in [6.45, 7) is 2.40. The van der Waals surface area contributed by atoms with E-state index in [-0.39, 0.29) is 41.5 Å². The summed E-state index contributed by atoms with van der Waals surface area (Å²) < 4.78 is 67.3. The predicted molar refractivity (Wildman–Crippen MR) is 122 cm³/mol. The zero-order valence-electron chi connectivity index (χ0n) is 19.0. The first-order valence-corrected chi connectivity index (χ1v) is 11.4. The van der Waals surface area contributed by atoms with Crippen molar-refractivity contribution in [2.45, 2.75) is 57.0 Å². The molecule has 10 heteroatoms. The van der Waals surface area contributed by atoms with Crippen LogP contribution in [-0.4, -0.2) is 29.1 Å². The van der Waals surface area contributed by atoms with Crippen molar-refractivity contribution in [1.82, 2.24) is 0 Å². The van der Waals surface area contributed by atoms with Crippen LogP contribution in [0.25, 0.3) is 0 Å². The molecule has 1 amide bonds. The molecule has 2 N–H and O–H groups in total. The van der Waals surface area contributed by atoms with Gasteiger partial charge in [-0.1, -0.05) is 55.8 Å². The quantitative estimate of drug-likeness (QED) is 0.369. The van der Waals surface area contributed by atoms with E-state index in [0.29, 0.717) is 11.1 Å². The van der Waals surface area contributed by atoms with E-state index in [1.807, 2.05) is 0 Å². The Bertz CT molecular complexity index is 1080. The molecule has 1 aliphatic rings. The van der Waals surface area contributed by atoms with Gasteiger partial charge in [-0.25, -0.2) is 8.78 Å². The van der Waals surface area contributed by atoms with Crippen molar-refractivity contribution >= 4 is 29.2 Å². The molecule has 0 aliphatic heterocycles. The molecule has 4 nitrogen and oxygen atoms in total. The fourth-order valence-electron chi connectivity index (χ4n) is 4.18. The number of rotatable bonds is 8. The lowest BCUT2D eigenvalue weighted by molar-refractivity contribution is -0.178. The third-order valence-electron chi connectivity index (χ3n) is 6.41. The third-order valence-corrected chi connectivity index (χ3v) is 6.74. The molecular formula is C25H25ClF5NO3. The number of hydrogen-bond acceptors (Lipinski definition) is 2. The van der Waals surface area contributed by atoms with E-state index in [0.717, 1.165) is 6.92 Å². The number of amides is 1. The van der Waals surface area contributed by atoms with Crippen LogP contribution in [0.2, 0.25) is 5.02 Å². The second-order valence-electron chi connectivity index (χ2n) is 9.18. The minimum absolute atomic E-state index is 0.0689. The summed E-state index contributed by atoms with van der Waals surface area (Å²) in [7, 11) is 0. The largest absolute Gasteiger partial charge is 0.481 e. The van der Waals surface area contributed by atoms with Gasteiger partial charge in [0, 0.05) is 12.8 Å². The van der Waals surface area contributed by atoms with Gasteiger partial charge in [0.05, 0.1) is 28.5 Å². The van der Waals surface area contributed by atoms with Crippen molar-refractivity contribution in [3.63, 3.8) is 0 Å². The van der Waals surface area contributed by atoms with Gasteiger partial charge in [0.1, 0.15) is 0 Å². The van der Waals surface area contributed by atoms with Crippen LogP contribution in [0.4, 0.5) is 27.6 Å². The number of carbonyl (C=O) groups is 2. The Balaban J connectivity index is 1.85. The highest BCUT2D eigenvalue weighted by Crippen LogP contribution is 2.48. The standard InChI is InChI=1S/C25H25ClF5NO3/c1-13(23(34)35)9-15-3-8-19(26)20(10-15)32-22(33)21(14(2)25(29,30)31)17-6-4-16(5-7-17)18-11-24(27,28)12-18/h3-8,10,13-14,18,21H,9,11-12H2,1-2H3,(H,32,33)(H,34,35)/t13-,14+,21-/m0/s1. The Morgan fingerprint density at radius 1 is 1.11 bits per heavy atom. The van der Waals surface area contributed by atoms with Gasteiger partial charge in [-0.2, -0.15) is 13.2 Å². The van der Waals surface area contributed by atoms with Gasteiger partial charge in [0.15, 0.2) is 0 Å². The first-order valence-electron chi connectivity index (χ1n) is 11.0. The Hall–Kier alpha value is -2.68. The molecule has 3 atom stereocenters. The number of anilines is 1. The van der Waals surface area contributed by atoms with Crippen LogP contribution in [-0.2, 0) is 16.0 Å². The van der Waals surface area contributed by atoms with Crippen LogP contribution in [0.15, 0.2) is 42.5 Å². The van der Waals surface area contributed by atoms with E-state index < -0.39 is 41.7 Å².